The van der Waals surface area contributed by atoms with Crippen LogP contribution in [-0.2, 0) is 24.7 Å². The van der Waals surface area contributed by atoms with Crippen molar-refractivity contribution in [3.8, 4) is 0 Å². The van der Waals surface area contributed by atoms with Gasteiger partial charge in [0.2, 0.25) is 17.4 Å². The van der Waals surface area contributed by atoms with Crippen molar-refractivity contribution in [2.75, 3.05) is 7.05 Å². The summed E-state index contributed by atoms with van der Waals surface area (Å²) in [7, 11) is 1.35. The van der Waals surface area contributed by atoms with Crippen LogP contribution in [0.15, 0.2) is 30.3 Å². The third-order valence-corrected chi connectivity index (χ3v) is 3.27. The van der Waals surface area contributed by atoms with E-state index in [0.29, 0.717) is 0 Å². The Morgan fingerprint density at radius 1 is 1.00 bits per heavy atom. The molecular formula is C14H14N4O5. The summed E-state index contributed by atoms with van der Waals surface area (Å²) >= 11 is 0. The fraction of sp³-hybridized carbons (Fsp3) is 0.214. The fourth-order valence-corrected chi connectivity index (χ4v) is 2.15. The summed E-state index contributed by atoms with van der Waals surface area (Å²) in [6.07, 6.45) is -0.570. The van der Waals surface area contributed by atoms with Crippen LogP contribution in [-0.4, -0.2) is 36.7 Å². The number of hydrogen-bond donors (Lipinski definition) is 4. The molecule has 0 saturated carbocycles. The molecule has 1 aliphatic heterocycles. The molecule has 0 atom stereocenters. The van der Waals surface area contributed by atoms with E-state index in [2.05, 4.69) is 10.6 Å². The van der Waals surface area contributed by atoms with E-state index in [0.717, 1.165) is 0 Å². The molecule has 1 aliphatic rings. The molecule has 9 nitrogen and oxygen atoms in total. The second kappa shape index (κ2) is 6.26. The molecule has 0 unspecified atom stereocenters. The molecule has 2 rings (SSSR count). The Labute approximate surface area is 130 Å². The number of nitrogens with one attached hydrogen (secondary N) is 4. The number of benzene rings is 1. The van der Waals surface area contributed by atoms with Gasteiger partial charge in [-0.25, -0.2) is 4.79 Å². The van der Waals surface area contributed by atoms with E-state index in [1.54, 1.807) is 18.2 Å². The highest BCUT2D eigenvalue weighted by molar-refractivity contribution is 6.24. The number of carbonyl (C=O) groups excluding carboxylic acids is 5. The van der Waals surface area contributed by atoms with Crippen molar-refractivity contribution in [1.82, 2.24) is 21.3 Å². The molecule has 6 amide bonds. The molecule has 1 fully saturated rings. The van der Waals surface area contributed by atoms with Gasteiger partial charge in [0, 0.05) is 7.05 Å². The number of hydrogen-bond acceptors (Lipinski definition) is 5. The summed E-state index contributed by atoms with van der Waals surface area (Å²) in [5.41, 5.74) is -1.96. The van der Waals surface area contributed by atoms with Crippen LogP contribution in [0.1, 0.15) is 12.0 Å². The second-order valence-electron chi connectivity index (χ2n) is 4.75. The van der Waals surface area contributed by atoms with Gasteiger partial charge in [0.1, 0.15) is 6.42 Å². The fourth-order valence-electron chi connectivity index (χ4n) is 2.15. The Hall–Kier alpha value is -3.23. The highest BCUT2D eigenvalue weighted by Gasteiger charge is 2.53. The lowest BCUT2D eigenvalue weighted by atomic mass is 9.86. The summed E-state index contributed by atoms with van der Waals surface area (Å²) in [6, 6.07) is 6.72. The van der Waals surface area contributed by atoms with Gasteiger partial charge in [0.05, 0.1) is 0 Å². The summed E-state index contributed by atoms with van der Waals surface area (Å²) in [4.78, 5) is 59.2. The van der Waals surface area contributed by atoms with Gasteiger partial charge in [-0.2, -0.15) is 0 Å². The average molecular weight is 318 g/mol. The Bertz CT molecular complexity index is 666. The lowest BCUT2D eigenvalue weighted by Crippen LogP contribution is -2.71. The average Bonchev–Trinajstić information content (AvgIpc) is 2.51. The minimum Gasteiger partial charge on any atom is -0.359 e. The van der Waals surface area contributed by atoms with E-state index in [1.165, 1.54) is 19.2 Å². The second-order valence-corrected chi connectivity index (χ2v) is 4.75. The maximum absolute atomic E-state index is 12.3. The van der Waals surface area contributed by atoms with Gasteiger partial charge in [-0.05, 0) is 5.56 Å². The standard InChI is InChI=1S/C14H14N4O5/c1-15-9(19)7-10(20)18-14(8-5-3-2-4-6-8)11(21)16-13(23)17-12(14)22/h2-6H,7H2,1H3,(H,15,19)(H,18,20)(H2,16,17,21,22,23). The molecule has 120 valence electrons. The Kier molecular flexibility index (Phi) is 4.39. The first kappa shape index (κ1) is 16.1. The molecule has 0 bridgehead atoms. The summed E-state index contributed by atoms with van der Waals surface area (Å²) in [5, 5.41) is 8.41. The molecule has 23 heavy (non-hydrogen) atoms. The van der Waals surface area contributed by atoms with Crippen LogP contribution in [0.4, 0.5) is 4.79 Å². The maximum atomic E-state index is 12.3. The van der Waals surface area contributed by atoms with Gasteiger partial charge in [-0.15, -0.1) is 0 Å². The molecule has 1 aromatic rings. The van der Waals surface area contributed by atoms with Crippen LogP contribution in [0.3, 0.4) is 0 Å². The van der Waals surface area contributed by atoms with Gasteiger partial charge in [0.25, 0.3) is 11.8 Å². The maximum Gasteiger partial charge on any atom is 0.328 e. The smallest absolute Gasteiger partial charge is 0.328 e. The molecule has 0 radical (unpaired) electrons. The first-order valence-corrected chi connectivity index (χ1v) is 6.64. The first-order valence-electron chi connectivity index (χ1n) is 6.64. The first-order chi connectivity index (χ1) is 10.9. The van der Waals surface area contributed by atoms with Gasteiger partial charge in [0.15, 0.2) is 0 Å². The molecule has 1 aromatic carbocycles. The molecule has 0 aliphatic carbocycles. The van der Waals surface area contributed by atoms with Gasteiger partial charge >= 0.3 is 6.03 Å². The third kappa shape index (κ3) is 3.03. The number of amides is 6. The summed E-state index contributed by atoms with van der Waals surface area (Å²) in [5.74, 6) is -3.42. The zero-order valence-corrected chi connectivity index (χ0v) is 12.1. The SMILES string of the molecule is CNC(=O)CC(=O)NC1(c2ccccc2)C(=O)NC(=O)NC1=O. The van der Waals surface area contributed by atoms with Crippen molar-refractivity contribution in [2.45, 2.75) is 12.0 Å². The van der Waals surface area contributed by atoms with Crippen LogP contribution < -0.4 is 21.3 Å². The highest BCUT2D eigenvalue weighted by atomic mass is 16.2. The Morgan fingerprint density at radius 3 is 2.09 bits per heavy atom. The van der Waals surface area contributed by atoms with Crippen molar-refractivity contribution in [3.63, 3.8) is 0 Å². The normalized spacial score (nSPS) is 16.1. The number of imide groups is 2. The van der Waals surface area contributed by atoms with E-state index in [-0.39, 0.29) is 5.56 Å². The molecular weight excluding hydrogens is 304 g/mol. The van der Waals surface area contributed by atoms with Gasteiger partial charge in [-0.3, -0.25) is 29.8 Å². The zero-order chi connectivity index (χ0) is 17.0. The third-order valence-electron chi connectivity index (χ3n) is 3.27. The minimum atomic E-state index is -2.12. The lowest BCUT2D eigenvalue weighted by Gasteiger charge is -2.34. The van der Waals surface area contributed by atoms with Crippen molar-refractivity contribution >= 4 is 29.7 Å². The minimum absolute atomic E-state index is 0.160. The number of rotatable bonds is 4. The van der Waals surface area contributed by atoms with Crippen molar-refractivity contribution in [3.05, 3.63) is 35.9 Å². The molecule has 1 saturated heterocycles. The quantitative estimate of drug-likeness (QED) is 0.501. The molecule has 0 aromatic heterocycles. The molecule has 4 N–H and O–H groups in total. The van der Waals surface area contributed by atoms with Crippen molar-refractivity contribution in [2.24, 2.45) is 0 Å². The Morgan fingerprint density at radius 2 is 1.57 bits per heavy atom. The topological polar surface area (TPSA) is 133 Å². The van der Waals surface area contributed by atoms with Crippen LogP contribution >= 0.6 is 0 Å². The van der Waals surface area contributed by atoms with Gasteiger partial charge < -0.3 is 10.6 Å². The molecule has 9 heteroatoms. The number of carbonyl (C=O) groups is 5. The van der Waals surface area contributed by atoms with E-state index >= 15 is 0 Å². The van der Waals surface area contributed by atoms with E-state index in [4.69, 9.17) is 0 Å². The van der Waals surface area contributed by atoms with E-state index in [1.807, 2.05) is 10.6 Å². The van der Waals surface area contributed by atoms with E-state index < -0.39 is 41.6 Å². The summed E-state index contributed by atoms with van der Waals surface area (Å²) < 4.78 is 0. The van der Waals surface area contributed by atoms with Crippen LogP contribution in [0.25, 0.3) is 0 Å². The van der Waals surface area contributed by atoms with Gasteiger partial charge in [-0.1, -0.05) is 30.3 Å². The monoisotopic (exact) mass is 318 g/mol. The molecule has 0 spiro atoms. The highest BCUT2D eigenvalue weighted by Crippen LogP contribution is 2.24. The Balaban J connectivity index is 2.42. The van der Waals surface area contributed by atoms with Crippen molar-refractivity contribution in [1.29, 1.82) is 0 Å². The largest absolute Gasteiger partial charge is 0.359 e. The van der Waals surface area contributed by atoms with Crippen molar-refractivity contribution < 1.29 is 24.0 Å². The lowest BCUT2D eigenvalue weighted by molar-refractivity contribution is -0.145. The van der Waals surface area contributed by atoms with Crippen LogP contribution in [0, 0.1) is 0 Å². The number of barbiturate groups is 1. The van der Waals surface area contributed by atoms with Crippen LogP contribution in [0.5, 0.6) is 0 Å². The predicted molar refractivity (Wildman–Crippen MR) is 76.6 cm³/mol. The molecule has 1 heterocycles. The zero-order valence-electron chi connectivity index (χ0n) is 12.1. The summed E-state index contributed by atoms with van der Waals surface area (Å²) in [6.45, 7) is 0. The van der Waals surface area contributed by atoms with Crippen LogP contribution in [0.2, 0.25) is 0 Å². The number of urea groups is 1. The predicted octanol–water partition coefficient (Wildman–Crippen LogP) is -1.50. The van der Waals surface area contributed by atoms with E-state index in [9.17, 15) is 24.0 Å².